The molecule has 1 aliphatic rings. The summed E-state index contributed by atoms with van der Waals surface area (Å²) in [6.07, 6.45) is 3.93. The number of benzene rings is 1. The second-order valence-corrected chi connectivity index (χ2v) is 8.72. The molecule has 0 unspecified atom stereocenters. The molecule has 1 aromatic carbocycles. The van der Waals surface area contributed by atoms with E-state index in [-0.39, 0.29) is 24.0 Å². The molecule has 7 nitrogen and oxygen atoms in total. The van der Waals surface area contributed by atoms with Gasteiger partial charge in [0.15, 0.2) is 0 Å². The minimum Gasteiger partial charge on any atom is -0.492 e. The number of carbonyl (C=O) groups is 2. The molecule has 3 rings (SSSR count). The van der Waals surface area contributed by atoms with Crippen molar-refractivity contribution in [2.24, 2.45) is 0 Å². The molecule has 166 valence electrons. The number of likely N-dealkylation sites (tertiary alicyclic amines) is 1. The van der Waals surface area contributed by atoms with Gasteiger partial charge in [0.25, 0.3) is 0 Å². The van der Waals surface area contributed by atoms with Gasteiger partial charge in [-0.3, -0.25) is 9.78 Å². The average molecular weight is 426 g/mol. The third-order valence-electron chi connectivity index (χ3n) is 5.00. The van der Waals surface area contributed by atoms with Gasteiger partial charge in [-0.1, -0.05) is 30.3 Å². The minimum absolute atomic E-state index is 0.0179. The lowest BCUT2D eigenvalue weighted by Gasteiger charge is -2.24. The first-order valence-electron chi connectivity index (χ1n) is 10.7. The van der Waals surface area contributed by atoms with Crippen molar-refractivity contribution in [2.45, 2.75) is 51.2 Å². The topological polar surface area (TPSA) is 80.8 Å². The number of rotatable bonds is 7. The molecule has 2 atom stereocenters. The van der Waals surface area contributed by atoms with Crippen LogP contribution in [-0.2, 0) is 9.53 Å². The fourth-order valence-electron chi connectivity index (χ4n) is 3.60. The lowest BCUT2D eigenvalue weighted by atomic mass is 9.94. The van der Waals surface area contributed by atoms with Gasteiger partial charge in [0.1, 0.15) is 11.4 Å². The molecule has 1 saturated heterocycles. The van der Waals surface area contributed by atoms with Gasteiger partial charge in [-0.05, 0) is 44.9 Å². The lowest BCUT2D eigenvalue weighted by molar-refractivity contribution is -0.122. The minimum atomic E-state index is -0.561. The van der Waals surface area contributed by atoms with E-state index >= 15 is 0 Å². The van der Waals surface area contributed by atoms with Crippen LogP contribution in [0, 0.1) is 0 Å². The molecular formula is C24H31N3O4. The Kier molecular flexibility index (Phi) is 7.50. The van der Waals surface area contributed by atoms with Crippen molar-refractivity contribution in [3.05, 3.63) is 60.4 Å². The summed E-state index contributed by atoms with van der Waals surface area (Å²) in [6.45, 7) is 6.92. The standard InChI is InChI=1S/C24H31N3O4/c1-24(2,3)31-23(29)27-16-20(18-9-5-4-6-10-18)21(17-27)26-22(28)12-8-14-30-19-11-7-13-25-15-19/h4-7,9-11,13,15,20-21H,8,12,14,16-17H2,1-3H3,(H,26,28)/t20-,21+/m0/s1. The highest BCUT2D eigenvalue weighted by Crippen LogP contribution is 2.29. The van der Waals surface area contributed by atoms with Crippen LogP contribution < -0.4 is 10.1 Å². The van der Waals surface area contributed by atoms with Gasteiger partial charge in [0.2, 0.25) is 5.91 Å². The molecule has 2 heterocycles. The smallest absolute Gasteiger partial charge is 0.410 e. The van der Waals surface area contributed by atoms with Gasteiger partial charge < -0.3 is 19.7 Å². The number of pyridine rings is 1. The molecule has 1 N–H and O–H groups in total. The number of carbonyl (C=O) groups excluding carboxylic acids is 2. The Morgan fingerprint density at radius 2 is 1.90 bits per heavy atom. The van der Waals surface area contributed by atoms with E-state index in [0.717, 1.165) is 5.56 Å². The molecule has 0 bridgehead atoms. The Balaban J connectivity index is 1.56. The monoisotopic (exact) mass is 425 g/mol. The van der Waals surface area contributed by atoms with E-state index in [4.69, 9.17) is 9.47 Å². The van der Waals surface area contributed by atoms with Crippen molar-refractivity contribution in [1.29, 1.82) is 0 Å². The van der Waals surface area contributed by atoms with Gasteiger partial charge in [-0.2, -0.15) is 0 Å². The normalized spacial score (nSPS) is 18.5. The van der Waals surface area contributed by atoms with Crippen molar-refractivity contribution in [2.75, 3.05) is 19.7 Å². The van der Waals surface area contributed by atoms with Gasteiger partial charge in [0.05, 0.1) is 18.8 Å². The number of ether oxygens (including phenoxy) is 2. The van der Waals surface area contributed by atoms with Gasteiger partial charge >= 0.3 is 6.09 Å². The Bertz CT molecular complexity index is 852. The van der Waals surface area contributed by atoms with E-state index in [9.17, 15) is 9.59 Å². The molecule has 0 radical (unpaired) electrons. The predicted molar refractivity (Wildman–Crippen MR) is 118 cm³/mol. The zero-order chi connectivity index (χ0) is 22.3. The Morgan fingerprint density at radius 3 is 2.58 bits per heavy atom. The third kappa shape index (κ3) is 6.98. The van der Waals surface area contributed by atoms with Gasteiger partial charge in [0, 0.05) is 31.6 Å². The summed E-state index contributed by atoms with van der Waals surface area (Å²) in [5, 5.41) is 3.12. The number of hydrogen-bond acceptors (Lipinski definition) is 5. The van der Waals surface area contributed by atoms with Crippen molar-refractivity contribution in [1.82, 2.24) is 15.2 Å². The summed E-state index contributed by atoms with van der Waals surface area (Å²) < 4.78 is 11.1. The second kappa shape index (κ2) is 10.3. The summed E-state index contributed by atoms with van der Waals surface area (Å²) in [6, 6.07) is 13.4. The van der Waals surface area contributed by atoms with Crippen molar-refractivity contribution in [3.63, 3.8) is 0 Å². The summed E-state index contributed by atoms with van der Waals surface area (Å²) in [4.78, 5) is 30.8. The zero-order valence-corrected chi connectivity index (χ0v) is 18.4. The second-order valence-electron chi connectivity index (χ2n) is 8.72. The van der Waals surface area contributed by atoms with Crippen LogP contribution in [0.3, 0.4) is 0 Å². The van der Waals surface area contributed by atoms with E-state index < -0.39 is 5.60 Å². The Labute approximate surface area is 183 Å². The van der Waals surface area contributed by atoms with Crippen LogP contribution in [0.1, 0.15) is 45.1 Å². The SMILES string of the molecule is CC(C)(C)OC(=O)N1C[C@@H](NC(=O)CCCOc2cccnc2)[C@H](c2ccccc2)C1. The summed E-state index contributed by atoms with van der Waals surface area (Å²) in [5.74, 6) is 0.659. The number of hydrogen-bond donors (Lipinski definition) is 1. The number of nitrogens with zero attached hydrogens (tertiary/aromatic N) is 2. The molecule has 2 aromatic rings. The fourth-order valence-corrected chi connectivity index (χ4v) is 3.60. The van der Waals surface area contributed by atoms with E-state index in [2.05, 4.69) is 10.3 Å². The van der Waals surface area contributed by atoms with Crippen LogP contribution in [0.5, 0.6) is 5.75 Å². The van der Waals surface area contributed by atoms with Crippen LogP contribution in [0.2, 0.25) is 0 Å². The maximum Gasteiger partial charge on any atom is 0.410 e. The predicted octanol–water partition coefficient (Wildman–Crippen LogP) is 3.76. The molecule has 7 heteroatoms. The quantitative estimate of drug-likeness (QED) is 0.683. The summed E-state index contributed by atoms with van der Waals surface area (Å²) in [5.41, 5.74) is 0.536. The number of amides is 2. The molecule has 0 spiro atoms. The zero-order valence-electron chi connectivity index (χ0n) is 18.4. The molecular weight excluding hydrogens is 394 g/mol. The number of aromatic nitrogens is 1. The number of nitrogens with one attached hydrogen (secondary N) is 1. The van der Waals surface area contributed by atoms with Crippen molar-refractivity contribution >= 4 is 12.0 Å². The van der Waals surface area contributed by atoms with Crippen LogP contribution in [-0.4, -0.2) is 53.2 Å². The third-order valence-corrected chi connectivity index (χ3v) is 5.00. The Morgan fingerprint density at radius 1 is 1.13 bits per heavy atom. The maximum absolute atomic E-state index is 12.6. The van der Waals surface area contributed by atoms with Crippen LogP contribution in [0.15, 0.2) is 54.9 Å². The maximum atomic E-state index is 12.6. The molecule has 0 saturated carbocycles. The van der Waals surface area contributed by atoms with Crippen LogP contribution in [0.4, 0.5) is 4.79 Å². The van der Waals surface area contributed by atoms with Gasteiger partial charge in [-0.25, -0.2) is 4.79 Å². The highest BCUT2D eigenvalue weighted by atomic mass is 16.6. The van der Waals surface area contributed by atoms with Gasteiger partial charge in [-0.15, -0.1) is 0 Å². The van der Waals surface area contributed by atoms with Crippen LogP contribution in [0.25, 0.3) is 0 Å². The summed E-state index contributed by atoms with van der Waals surface area (Å²) in [7, 11) is 0. The molecule has 2 amide bonds. The lowest BCUT2D eigenvalue weighted by Crippen LogP contribution is -2.41. The van der Waals surface area contributed by atoms with E-state index in [1.54, 1.807) is 17.3 Å². The highest BCUT2D eigenvalue weighted by molar-refractivity contribution is 5.77. The fraction of sp³-hybridized carbons (Fsp3) is 0.458. The Hall–Kier alpha value is -3.09. The average Bonchev–Trinajstić information content (AvgIpc) is 3.15. The highest BCUT2D eigenvalue weighted by Gasteiger charge is 2.38. The molecule has 31 heavy (non-hydrogen) atoms. The van der Waals surface area contributed by atoms with Crippen molar-refractivity contribution in [3.8, 4) is 5.75 Å². The summed E-state index contributed by atoms with van der Waals surface area (Å²) >= 11 is 0. The van der Waals surface area contributed by atoms with E-state index in [0.29, 0.717) is 38.3 Å². The largest absolute Gasteiger partial charge is 0.492 e. The first-order valence-corrected chi connectivity index (χ1v) is 10.7. The first-order chi connectivity index (χ1) is 14.8. The van der Waals surface area contributed by atoms with Crippen LogP contribution >= 0.6 is 0 Å². The molecule has 1 aromatic heterocycles. The molecule has 1 aliphatic heterocycles. The first kappa shape index (κ1) is 22.6. The van der Waals surface area contributed by atoms with E-state index in [1.165, 1.54) is 0 Å². The molecule has 1 fully saturated rings. The van der Waals surface area contributed by atoms with E-state index in [1.807, 2.05) is 63.2 Å². The molecule has 0 aliphatic carbocycles. The van der Waals surface area contributed by atoms with Crippen molar-refractivity contribution < 1.29 is 19.1 Å².